The molecule has 0 bridgehead atoms. The van der Waals surface area contributed by atoms with Crippen LogP contribution in [-0.2, 0) is 10.0 Å². The Bertz CT molecular complexity index is 897. The lowest BCUT2D eigenvalue weighted by molar-refractivity contribution is 0.0696. The van der Waals surface area contributed by atoms with Gasteiger partial charge in [-0.1, -0.05) is 11.8 Å². The van der Waals surface area contributed by atoms with Crippen molar-refractivity contribution in [2.24, 2.45) is 0 Å². The van der Waals surface area contributed by atoms with Crippen LogP contribution in [0.4, 0.5) is 14.5 Å². The molecule has 0 atom stereocenters. The molecule has 0 unspecified atom stereocenters. The molecule has 9 heteroatoms. The molecule has 0 heterocycles. The van der Waals surface area contributed by atoms with Gasteiger partial charge in [0, 0.05) is 10.6 Å². The van der Waals surface area contributed by atoms with E-state index in [1.54, 1.807) is 13.8 Å². The number of sulfonamides is 1. The van der Waals surface area contributed by atoms with E-state index in [-0.39, 0.29) is 16.1 Å². The predicted molar refractivity (Wildman–Crippen MR) is 92.0 cm³/mol. The number of hydrogen-bond donors (Lipinski definition) is 2. The Morgan fingerprint density at radius 1 is 1.16 bits per heavy atom. The summed E-state index contributed by atoms with van der Waals surface area (Å²) in [7, 11) is -4.03. The second-order valence-corrected chi connectivity index (χ2v) is 7.94. The van der Waals surface area contributed by atoms with E-state index in [4.69, 9.17) is 5.11 Å². The zero-order valence-electron chi connectivity index (χ0n) is 13.3. The lowest BCUT2D eigenvalue weighted by Crippen LogP contribution is -2.16. The lowest BCUT2D eigenvalue weighted by atomic mass is 10.1. The molecule has 25 heavy (non-hydrogen) atoms. The van der Waals surface area contributed by atoms with Crippen LogP contribution in [0.3, 0.4) is 0 Å². The fraction of sp³-hybridized carbons (Fsp3) is 0.188. The van der Waals surface area contributed by atoms with Gasteiger partial charge in [0.25, 0.3) is 15.8 Å². The SMILES string of the molecule is Cc1cc(C(=O)O)cc(S(=O)(=O)Nc2ccc(SC(F)F)cc2)c1C. The Balaban J connectivity index is 2.35. The van der Waals surface area contributed by atoms with Crippen LogP contribution in [0.1, 0.15) is 21.5 Å². The average molecular weight is 387 g/mol. The third-order valence-electron chi connectivity index (χ3n) is 3.49. The molecular weight excluding hydrogens is 372 g/mol. The van der Waals surface area contributed by atoms with E-state index in [0.29, 0.717) is 27.8 Å². The number of anilines is 1. The van der Waals surface area contributed by atoms with Crippen molar-refractivity contribution in [3.63, 3.8) is 0 Å². The van der Waals surface area contributed by atoms with E-state index in [9.17, 15) is 22.0 Å². The van der Waals surface area contributed by atoms with Crippen LogP contribution in [0.2, 0.25) is 0 Å². The summed E-state index contributed by atoms with van der Waals surface area (Å²) in [6, 6.07) is 7.97. The molecule has 0 fully saturated rings. The van der Waals surface area contributed by atoms with Crippen LogP contribution in [-0.4, -0.2) is 25.3 Å². The summed E-state index contributed by atoms with van der Waals surface area (Å²) >= 11 is 0.355. The van der Waals surface area contributed by atoms with E-state index in [1.807, 2.05) is 0 Å². The summed E-state index contributed by atoms with van der Waals surface area (Å²) in [5.74, 6) is -3.79. The van der Waals surface area contributed by atoms with Crippen molar-refractivity contribution in [2.45, 2.75) is 29.4 Å². The van der Waals surface area contributed by atoms with Gasteiger partial charge in [0.1, 0.15) is 0 Å². The van der Waals surface area contributed by atoms with Gasteiger partial charge in [0.15, 0.2) is 0 Å². The van der Waals surface area contributed by atoms with Crippen molar-refractivity contribution in [3.05, 3.63) is 53.1 Å². The number of nitrogens with one attached hydrogen (secondary N) is 1. The number of carboxylic acids is 1. The van der Waals surface area contributed by atoms with Gasteiger partial charge in [0.05, 0.1) is 10.5 Å². The van der Waals surface area contributed by atoms with Crippen LogP contribution in [0.25, 0.3) is 0 Å². The van der Waals surface area contributed by atoms with Crippen molar-refractivity contribution >= 4 is 33.4 Å². The Morgan fingerprint density at radius 3 is 2.28 bits per heavy atom. The first-order valence-corrected chi connectivity index (χ1v) is 9.38. The molecule has 0 radical (unpaired) electrons. The van der Waals surface area contributed by atoms with E-state index < -0.39 is 21.8 Å². The number of alkyl halides is 2. The summed E-state index contributed by atoms with van der Waals surface area (Å²) < 4.78 is 52.1. The summed E-state index contributed by atoms with van der Waals surface area (Å²) in [4.78, 5) is 11.3. The van der Waals surface area contributed by atoms with Gasteiger partial charge in [-0.2, -0.15) is 8.78 Å². The minimum atomic E-state index is -4.03. The van der Waals surface area contributed by atoms with Crippen molar-refractivity contribution in [1.82, 2.24) is 0 Å². The molecule has 0 aliphatic carbocycles. The number of carbonyl (C=O) groups is 1. The minimum Gasteiger partial charge on any atom is -0.478 e. The first-order chi connectivity index (χ1) is 11.6. The maximum atomic E-state index is 12.6. The number of aromatic carboxylic acids is 1. The Kier molecular flexibility index (Phi) is 5.69. The number of benzene rings is 2. The van der Waals surface area contributed by atoms with Crippen LogP contribution in [0, 0.1) is 13.8 Å². The zero-order valence-corrected chi connectivity index (χ0v) is 14.9. The third-order valence-corrected chi connectivity index (χ3v) is 5.72. The Hall–Kier alpha value is -2.13. The van der Waals surface area contributed by atoms with Gasteiger partial charge in [0.2, 0.25) is 0 Å². The highest BCUT2D eigenvalue weighted by Gasteiger charge is 2.21. The highest BCUT2D eigenvalue weighted by molar-refractivity contribution is 7.99. The number of hydrogen-bond acceptors (Lipinski definition) is 4. The van der Waals surface area contributed by atoms with E-state index in [0.717, 1.165) is 6.07 Å². The Morgan fingerprint density at radius 2 is 1.76 bits per heavy atom. The molecule has 0 amide bonds. The summed E-state index contributed by atoms with van der Waals surface area (Å²) in [6.45, 7) is 3.20. The molecule has 0 saturated carbocycles. The largest absolute Gasteiger partial charge is 0.478 e. The molecular formula is C16H15F2NO4S2. The number of halogens is 2. The van der Waals surface area contributed by atoms with E-state index in [1.165, 1.54) is 30.3 Å². The first-order valence-electron chi connectivity index (χ1n) is 7.02. The van der Waals surface area contributed by atoms with Crippen molar-refractivity contribution < 1.29 is 27.1 Å². The topological polar surface area (TPSA) is 83.5 Å². The van der Waals surface area contributed by atoms with Gasteiger partial charge in [-0.15, -0.1) is 0 Å². The minimum absolute atomic E-state index is 0.132. The van der Waals surface area contributed by atoms with Gasteiger partial charge in [-0.25, -0.2) is 13.2 Å². The first kappa shape index (κ1) is 19.2. The molecule has 0 aliphatic rings. The molecule has 2 aromatic carbocycles. The van der Waals surface area contributed by atoms with Crippen LogP contribution >= 0.6 is 11.8 Å². The van der Waals surface area contributed by atoms with Crippen LogP contribution < -0.4 is 4.72 Å². The maximum Gasteiger partial charge on any atom is 0.335 e. The molecule has 2 rings (SSSR count). The highest BCUT2D eigenvalue weighted by atomic mass is 32.2. The third kappa shape index (κ3) is 4.70. The average Bonchev–Trinajstić information content (AvgIpc) is 2.50. The molecule has 0 aromatic heterocycles. The molecule has 134 valence electrons. The summed E-state index contributed by atoms with van der Waals surface area (Å²) in [5, 5.41) is 9.10. The Labute approximate surface area is 148 Å². The van der Waals surface area contributed by atoms with Crippen molar-refractivity contribution in [3.8, 4) is 0 Å². The van der Waals surface area contributed by atoms with Gasteiger partial charge in [-0.3, -0.25) is 4.72 Å². The van der Waals surface area contributed by atoms with Gasteiger partial charge in [-0.05, 0) is 61.4 Å². The lowest BCUT2D eigenvalue weighted by Gasteiger charge is -2.13. The monoisotopic (exact) mass is 387 g/mol. The fourth-order valence-corrected chi connectivity index (χ4v) is 4.05. The molecule has 0 saturated heterocycles. The standard InChI is InChI=1S/C16H15F2NO4S2/c1-9-7-11(15(20)21)8-14(10(9)2)25(22,23)19-12-3-5-13(6-4-12)24-16(17)18/h3-8,16,19H,1-2H3,(H,20,21). The number of aryl methyl sites for hydroxylation is 1. The van der Waals surface area contributed by atoms with Gasteiger partial charge < -0.3 is 5.11 Å². The molecule has 2 N–H and O–H groups in total. The summed E-state index contributed by atoms with van der Waals surface area (Å²) in [5.41, 5.74) is 1.02. The van der Waals surface area contributed by atoms with E-state index >= 15 is 0 Å². The normalized spacial score (nSPS) is 11.6. The molecule has 5 nitrogen and oxygen atoms in total. The maximum absolute atomic E-state index is 12.6. The van der Waals surface area contributed by atoms with Crippen LogP contribution in [0.5, 0.6) is 0 Å². The number of carboxylic acid groups (broad SMARTS) is 1. The second kappa shape index (κ2) is 7.40. The predicted octanol–water partition coefficient (Wildman–Crippen LogP) is 4.12. The summed E-state index contributed by atoms with van der Waals surface area (Å²) in [6.07, 6.45) is 0. The second-order valence-electron chi connectivity index (χ2n) is 5.23. The zero-order chi connectivity index (χ0) is 18.8. The molecule has 0 aliphatic heterocycles. The van der Waals surface area contributed by atoms with Gasteiger partial charge >= 0.3 is 5.97 Å². The number of thioether (sulfide) groups is 1. The number of rotatable bonds is 6. The van der Waals surface area contributed by atoms with Crippen molar-refractivity contribution in [2.75, 3.05) is 4.72 Å². The van der Waals surface area contributed by atoms with Crippen LogP contribution in [0.15, 0.2) is 46.2 Å². The smallest absolute Gasteiger partial charge is 0.335 e. The highest BCUT2D eigenvalue weighted by Crippen LogP contribution is 2.28. The van der Waals surface area contributed by atoms with Crippen molar-refractivity contribution in [1.29, 1.82) is 0 Å². The molecule has 2 aromatic rings. The van der Waals surface area contributed by atoms with E-state index in [2.05, 4.69) is 4.72 Å². The quantitative estimate of drug-likeness (QED) is 0.729. The fourth-order valence-electron chi connectivity index (χ4n) is 2.14. The molecule has 0 spiro atoms.